The highest BCUT2D eigenvalue weighted by Crippen LogP contribution is 2.31. The first kappa shape index (κ1) is 24.8. The van der Waals surface area contributed by atoms with E-state index < -0.39 is 0 Å². The Kier molecular flexibility index (Phi) is 8.40. The van der Waals surface area contributed by atoms with Crippen LogP contribution in [0.25, 0.3) is 10.9 Å². The van der Waals surface area contributed by atoms with Gasteiger partial charge in [0.15, 0.2) is 11.5 Å². The minimum atomic E-state index is 0.0947. The molecule has 1 N–H and O–H groups in total. The Labute approximate surface area is 207 Å². The fourth-order valence-corrected chi connectivity index (χ4v) is 4.49. The van der Waals surface area contributed by atoms with E-state index in [1.54, 1.807) is 13.3 Å². The van der Waals surface area contributed by atoms with Gasteiger partial charge in [0.05, 0.1) is 30.7 Å². The van der Waals surface area contributed by atoms with Crippen LogP contribution in [-0.4, -0.2) is 42.2 Å². The number of pyridine rings is 2. The number of carbonyl (C=O) groups is 1. The Morgan fingerprint density at radius 1 is 1.06 bits per heavy atom. The molecule has 1 aliphatic carbocycles. The number of aromatic nitrogens is 2. The summed E-state index contributed by atoms with van der Waals surface area (Å²) in [5.41, 5.74) is 2.96. The molecular weight excluding hydrogens is 442 g/mol. The summed E-state index contributed by atoms with van der Waals surface area (Å²) in [7, 11) is 1.70. The second-order valence-corrected chi connectivity index (χ2v) is 9.36. The number of hydrogen-bond donors (Lipinski definition) is 1. The number of rotatable bonds is 6. The molecule has 5 rings (SSSR count). The predicted molar refractivity (Wildman–Crippen MR) is 136 cm³/mol. The number of ether oxygens (including phenoxy) is 3. The van der Waals surface area contributed by atoms with Crippen molar-refractivity contribution in [3.05, 3.63) is 53.9 Å². The highest BCUT2D eigenvalue weighted by Gasteiger charge is 2.22. The van der Waals surface area contributed by atoms with Crippen molar-refractivity contribution in [3.8, 4) is 17.4 Å². The van der Waals surface area contributed by atoms with Crippen LogP contribution in [0.2, 0.25) is 0 Å². The first-order valence-electron chi connectivity index (χ1n) is 12.4. The molecule has 2 aliphatic rings. The number of nitrogens with zero attached hydrogens (tertiary/aromatic N) is 2. The lowest BCUT2D eigenvalue weighted by Crippen LogP contribution is -2.19. The van der Waals surface area contributed by atoms with Crippen LogP contribution in [0.1, 0.15) is 49.8 Å². The molecule has 3 aromatic rings. The van der Waals surface area contributed by atoms with Gasteiger partial charge in [0.25, 0.3) is 0 Å². The summed E-state index contributed by atoms with van der Waals surface area (Å²) < 4.78 is 17.1. The first-order chi connectivity index (χ1) is 17.0. The Morgan fingerprint density at radius 2 is 1.89 bits per heavy atom. The van der Waals surface area contributed by atoms with Crippen molar-refractivity contribution >= 4 is 16.8 Å². The molecule has 0 bridgehead atoms. The fraction of sp³-hybridized carbons (Fsp3) is 0.464. The molecule has 7 heteroatoms. The minimum absolute atomic E-state index is 0.0947. The average Bonchev–Trinajstić information content (AvgIpc) is 3.29. The maximum atomic E-state index is 11.1. The largest absolute Gasteiger partial charge is 0.493 e. The molecule has 7 nitrogen and oxygen atoms in total. The van der Waals surface area contributed by atoms with E-state index >= 15 is 0 Å². The fourth-order valence-electron chi connectivity index (χ4n) is 4.49. The van der Waals surface area contributed by atoms with Crippen LogP contribution >= 0.6 is 0 Å². The van der Waals surface area contributed by atoms with Gasteiger partial charge in [-0.05, 0) is 75.4 Å². The van der Waals surface area contributed by atoms with Crippen LogP contribution in [0.4, 0.5) is 0 Å². The summed E-state index contributed by atoms with van der Waals surface area (Å²) in [6.07, 6.45) is 8.95. The van der Waals surface area contributed by atoms with Gasteiger partial charge in [-0.3, -0.25) is 9.78 Å². The predicted octanol–water partition coefficient (Wildman–Crippen LogP) is 5.17. The van der Waals surface area contributed by atoms with Crippen LogP contribution in [0, 0.1) is 19.8 Å². The average molecular weight is 478 g/mol. The van der Waals surface area contributed by atoms with E-state index in [1.165, 1.54) is 37.7 Å². The molecule has 1 aliphatic heterocycles. The number of amides is 1. The van der Waals surface area contributed by atoms with E-state index in [0.717, 1.165) is 28.1 Å². The lowest BCUT2D eigenvalue weighted by atomic mass is 9.98. The Bertz CT molecular complexity index is 1140. The third-order valence-corrected chi connectivity index (χ3v) is 6.38. The molecule has 1 saturated carbocycles. The molecule has 0 radical (unpaired) electrons. The molecular formula is C28H35N3O4. The van der Waals surface area contributed by atoms with Crippen molar-refractivity contribution < 1.29 is 19.0 Å². The van der Waals surface area contributed by atoms with Crippen molar-refractivity contribution in [2.24, 2.45) is 5.92 Å². The SMILES string of the molecule is COc1cc(C)ccc1OC1CCCCC1.Cc1cc2ncccc2c(OC[C@H]2CNC(=O)C2)n1. The molecule has 35 heavy (non-hydrogen) atoms. The first-order valence-corrected chi connectivity index (χ1v) is 12.4. The summed E-state index contributed by atoms with van der Waals surface area (Å²) in [4.78, 5) is 19.9. The third-order valence-electron chi connectivity index (χ3n) is 6.38. The van der Waals surface area contributed by atoms with Gasteiger partial charge in [-0.1, -0.05) is 12.5 Å². The van der Waals surface area contributed by atoms with Gasteiger partial charge in [-0.15, -0.1) is 0 Å². The molecule has 2 aromatic heterocycles. The zero-order valence-electron chi connectivity index (χ0n) is 20.9. The highest BCUT2D eigenvalue weighted by molar-refractivity contribution is 5.83. The monoisotopic (exact) mass is 477 g/mol. The third kappa shape index (κ3) is 6.84. The van der Waals surface area contributed by atoms with Gasteiger partial charge in [0.2, 0.25) is 11.8 Å². The normalized spacial score (nSPS) is 17.9. The lowest BCUT2D eigenvalue weighted by molar-refractivity contribution is -0.119. The van der Waals surface area contributed by atoms with Gasteiger partial charge in [0, 0.05) is 30.8 Å². The van der Waals surface area contributed by atoms with Crippen molar-refractivity contribution in [1.82, 2.24) is 15.3 Å². The topological polar surface area (TPSA) is 82.6 Å². The summed E-state index contributed by atoms with van der Waals surface area (Å²) in [6, 6.07) is 11.9. The van der Waals surface area contributed by atoms with Crippen molar-refractivity contribution in [3.63, 3.8) is 0 Å². The standard InChI is InChI=1S/C14H15N3O2.C14H20O2/c1-9-5-12-11(3-2-4-15-12)14(17-9)19-8-10-6-13(18)16-7-10;1-11-8-9-13(14(10-11)15-2)16-12-6-4-3-5-7-12/h2-5,10H,6-8H2,1H3,(H,16,18);8-10,12H,3-7H2,1-2H3/t10-;/m1./s1. The van der Waals surface area contributed by atoms with Crippen LogP contribution in [0.5, 0.6) is 17.4 Å². The summed E-state index contributed by atoms with van der Waals surface area (Å²) in [5.74, 6) is 2.66. The van der Waals surface area contributed by atoms with E-state index in [1.807, 2.05) is 37.3 Å². The number of hydrogen-bond acceptors (Lipinski definition) is 6. The highest BCUT2D eigenvalue weighted by atomic mass is 16.5. The molecule has 186 valence electrons. The van der Waals surface area contributed by atoms with Crippen LogP contribution in [0.15, 0.2) is 42.6 Å². The van der Waals surface area contributed by atoms with Gasteiger partial charge in [0.1, 0.15) is 0 Å². The second kappa shape index (κ2) is 11.9. The van der Waals surface area contributed by atoms with E-state index in [0.29, 0.717) is 31.6 Å². The number of carbonyl (C=O) groups excluding carboxylic acids is 1. The van der Waals surface area contributed by atoms with Crippen molar-refractivity contribution in [2.75, 3.05) is 20.3 Å². The zero-order chi connectivity index (χ0) is 24.6. The molecule has 1 aromatic carbocycles. The lowest BCUT2D eigenvalue weighted by Gasteiger charge is -2.24. The Morgan fingerprint density at radius 3 is 2.63 bits per heavy atom. The smallest absolute Gasteiger partial charge is 0.223 e. The van der Waals surface area contributed by atoms with Gasteiger partial charge in [-0.25, -0.2) is 4.98 Å². The Hall–Kier alpha value is -3.35. The van der Waals surface area contributed by atoms with Crippen LogP contribution < -0.4 is 19.5 Å². The second-order valence-electron chi connectivity index (χ2n) is 9.36. The molecule has 2 fully saturated rings. The van der Waals surface area contributed by atoms with E-state index in [9.17, 15) is 4.79 Å². The molecule has 0 spiro atoms. The van der Waals surface area contributed by atoms with Gasteiger partial charge in [-0.2, -0.15) is 0 Å². The summed E-state index contributed by atoms with van der Waals surface area (Å²) in [5, 5.41) is 3.71. The number of nitrogens with one attached hydrogen (secondary N) is 1. The number of aryl methyl sites for hydroxylation is 2. The van der Waals surface area contributed by atoms with E-state index in [-0.39, 0.29) is 11.8 Å². The van der Waals surface area contributed by atoms with Crippen LogP contribution in [-0.2, 0) is 4.79 Å². The minimum Gasteiger partial charge on any atom is -0.493 e. The van der Waals surface area contributed by atoms with E-state index in [2.05, 4.69) is 28.3 Å². The number of methoxy groups -OCH3 is 1. The summed E-state index contributed by atoms with van der Waals surface area (Å²) in [6.45, 7) is 5.16. The summed E-state index contributed by atoms with van der Waals surface area (Å²) >= 11 is 0. The molecule has 1 amide bonds. The molecule has 1 atom stereocenters. The van der Waals surface area contributed by atoms with Crippen LogP contribution in [0.3, 0.4) is 0 Å². The molecule has 0 unspecified atom stereocenters. The van der Waals surface area contributed by atoms with Crippen molar-refractivity contribution in [2.45, 2.75) is 58.5 Å². The van der Waals surface area contributed by atoms with Crippen molar-refractivity contribution in [1.29, 1.82) is 0 Å². The maximum absolute atomic E-state index is 11.1. The quantitative estimate of drug-likeness (QED) is 0.528. The van der Waals surface area contributed by atoms with Gasteiger partial charge >= 0.3 is 0 Å². The van der Waals surface area contributed by atoms with Gasteiger partial charge < -0.3 is 19.5 Å². The van der Waals surface area contributed by atoms with E-state index in [4.69, 9.17) is 14.2 Å². The Balaban J connectivity index is 0.000000168. The number of benzene rings is 1. The maximum Gasteiger partial charge on any atom is 0.223 e. The molecule has 3 heterocycles. The zero-order valence-corrected chi connectivity index (χ0v) is 20.9. The number of fused-ring (bicyclic) bond motifs is 1. The molecule has 1 saturated heterocycles.